The van der Waals surface area contributed by atoms with Gasteiger partial charge in [0.05, 0.1) is 18.8 Å². The second kappa shape index (κ2) is 3.14. The molecule has 0 aromatic heterocycles. The zero-order valence-corrected chi connectivity index (χ0v) is 10.9. The van der Waals surface area contributed by atoms with Gasteiger partial charge in [0, 0.05) is 0 Å². The molecule has 0 aromatic carbocycles. The molecule has 1 saturated heterocycles. The lowest BCUT2D eigenvalue weighted by Crippen LogP contribution is -2.34. The highest BCUT2D eigenvalue weighted by atomic mass is 16.6. The van der Waals surface area contributed by atoms with Gasteiger partial charge in [-0.3, -0.25) is 0 Å². The molecule has 1 saturated carbocycles. The monoisotopic (exact) mass is 236 g/mol. The van der Waals surface area contributed by atoms with Crippen molar-refractivity contribution in [2.75, 3.05) is 7.11 Å². The van der Waals surface area contributed by atoms with Crippen LogP contribution in [0.25, 0.3) is 0 Å². The first-order valence-corrected chi connectivity index (χ1v) is 6.40. The number of ether oxygens (including phenoxy) is 2. The third-order valence-corrected chi connectivity index (χ3v) is 4.67. The zero-order valence-electron chi connectivity index (χ0n) is 10.9. The fourth-order valence-corrected chi connectivity index (χ4v) is 4.06. The van der Waals surface area contributed by atoms with Crippen molar-refractivity contribution >= 4 is 5.97 Å². The number of hydrogen-bond acceptors (Lipinski definition) is 3. The molecule has 4 atom stereocenters. The lowest BCUT2D eigenvalue weighted by Gasteiger charge is -2.30. The Kier molecular flexibility index (Phi) is 2.08. The van der Waals surface area contributed by atoms with Crippen LogP contribution in [-0.2, 0) is 14.3 Å². The molecule has 1 heterocycles. The summed E-state index contributed by atoms with van der Waals surface area (Å²) in [5.41, 5.74) is 0.657. The van der Waals surface area contributed by atoms with Crippen molar-refractivity contribution in [2.45, 2.75) is 45.3 Å². The smallest absolute Gasteiger partial charge is 0.336 e. The molecule has 1 aliphatic heterocycles. The Balaban J connectivity index is 2.02. The number of allylic oxidation sites excluding steroid dienone is 1. The summed E-state index contributed by atoms with van der Waals surface area (Å²) in [4.78, 5) is 11.9. The first-order valence-electron chi connectivity index (χ1n) is 6.40. The van der Waals surface area contributed by atoms with E-state index >= 15 is 0 Å². The summed E-state index contributed by atoms with van der Waals surface area (Å²) < 4.78 is 10.9. The maximum absolute atomic E-state index is 11.9. The lowest BCUT2D eigenvalue weighted by atomic mass is 9.75. The molecule has 0 aromatic rings. The molecule has 0 amide bonds. The van der Waals surface area contributed by atoms with E-state index < -0.39 is 0 Å². The summed E-state index contributed by atoms with van der Waals surface area (Å²) in [7, 11) is 1.45. The Labute approximate surface area is 102 Å². The van der Waals surface area contributed by atoms with E-state index in [1.54, 1.807) is 0 Å². The normalized spacial score (nSPS) is 45.6. The van der Waals surface area contributed by atoms with Gasteiger partial charge in [-0.05, 0) is 30.1 Å². The summed E-state index contributed by atoms with van der Waals surface area (Å²) >= 11 is 0. The number of carbonyl (C=O) groups is 1. The van der Waals surface area contributed by atoms with E-state index in [-0.39, 0.29) is 23.1 Å². The summed E-state index contributed by atoms with van der Waals surface area (Å²) in [5.74, 6) is 0.719. The van der Waals surface area contributed by atoms with Gasteiger partial charge >= 0.3 is 5.97 Å². The van der Waals surface area contributed by atoms with Gasteiger partial charge in [0.1, 0.15) is 5.60 Å². The largest absolute Gasteiger partial charge is 0.466 e. The van der Waals surface area contributed by atoms with Crippen LogP contribution in [0.3, 0.4) is 0 Å². The average Bonchev–Trinajstić information content (AvgIpc) is 2.94. The Hall–Kier alpha value is -0.830. The second-order valence-electron chi connectivity index (χ2n) is 6.47. The maximum atomic E-state index is 11.9. The summed E-state index contributed by atoms with van der Waals surface area (Å²) in [6.45, 7) is 6.65. The second-order valence-corrected chi connectivity index (χ2v) is 6.47. The molecule has 1 spiro atoms. The van der Waals surface area contributed by atoms with Crippen LogP contribution in [0.2, 0.25) is 0 Å². The third-order valence-electron chi connectivity index (χ3n) is 4.67. The molecule has 3 rings (SSSR count). The van der Waals surface area contributed by atoms with E-state index in [0.717, 1.165) is 18.4 Å². The van der Waals surface area contributed by atoms with Gasteiger partial charge in [-0.25, -0.2) is 4.79 Å². The molecule has 2 fully saturated rings. The number of esters is 1. The number of methoxy groups -OCH3 is 1. The van der Waals surface area contributed by atoms with E-state index in [9.17, 15) is 4.79 Å². The predicted molar refractivity (Wildman–Crippen MR) is 63.4 cm³/mol. The van der Waals surface area contributed by atoms with E-state index in [1.807, 2.05) is 0 Å². The van der Waals surface area contributed by atoms with Crippen molar-refractivity contribution in [3.8, 4) is 0 Å². The van der Waals surface area contributed by atoms with Gasteiger partial charge in [-0.15, -0.1) is 0 Å². The molecular formula is C14H20O3. The summed E-state index contributed by atoms with van der Waals surface area (Å²) in [6, 6.07) is 0. The molecule has 0 bridgehead atoms. The van der Waals surface area contributed by atoms with Crippen LogP contribution in [-0.4, -0.2) is 24.8 Å². The first-order chi connectivity index (χ1) is 7.91. The van der Waals surface area contributed by atoms with Crippen molar-refractivity contribution in [1.82, 2.24) is 0 Å². The molecule has 3 heteroatoms. The maximum Gasteiger partial charge on any atom is 0.336 e. The van der Waals surface area contributed by atoms with Gasteiger partial charge < -0.3 is 9.47 Å². The minimum atomic E-state index is -0.302. The van der Waals surface area contributed by atoms with Crippen LogP contribution < -0.4 is 0 Å². The van der Waals surface area contributed by atoms with Gasteiger partial charge in [0.25, 0.3) is 0 Å². The van der Waals surface area contributed by atoms with Crippen LogP contribution in [0.5, 0.6) is 0 Å². The van der Waals surface area contributed by atoms with Crippen molar-refractivity contribution in [3.63, 3.8) is 0 Å². The summed E-state index contributed by atoms with van der Waals surface area (Å²) in [5, 5.41) is 0. The first kappa shape index (κ1) is 11.3. The van der Waals surface area contributed by atoms with Gasteiger partial charge in [-0.1, -0.05) is 26.8 Å². The van der Waals surface area contributed by atoms with E-state index in [0.29, 0.717) is 11.8 Å². The minimum Gasteiger partial charge on any atom is -0.466 e. The molecule has 3 aliphatic rings. The highest BCUT2D eigenvalue weighted by Crippen LogP contribution is 2.68. The van der Waals surface area contributed by atoms with Crippen molar-refractivity contribution in [1.29, 1.82) is 0 Å². The van der Waals surface area contributed by atoms with Gasteiger partial charge in [0.2, 0.25) is 0 Å². The fraction of sp³-hybridized carbons (Fsp3) is 0.786. The highest BCUT2D eigenvalue weighted by molar-refractivity contribution is 5.92. The lowest BCUT2D eigenvalue weighted by molar-refractivity contribution is -0.137. The molecule has 4 unspecified atom stereocenters. The standard InChI is InChI=1S/C14H20O3/c1-8-5-9-7-13(2,3)12-14(9,17-12)10(6-8)11(15)16-4/h6,8-9,12H,5,7H2,1-4H3. The Morgan fingerprint density at radius 3 is 2.82 bits per heavy atom. The molecule has 0 N–H and O–H groups in total. The molecule has 3 nitrogen and oxygen atoms in total. The molecule has 0 radical (unpaired) electrons. The van der Waals surface area contributed by atoms with Crippen LogP contribution >= 0.6 is 0 Å². The average molecular weight is 236 g/mol. The molecule has 17 heavy (non-hydrogen) atoms. The quantitative estimate of drug-likeness (QED) is 0.518. The van der Waals surface area contributed by atoms with Gasteiger partial charge in [0.15, 0.2) is 0 Å². The summed E-state index contributed by atoms with van der Waals surface area (Å²) in [6.07, 6.45) is 4.54. The molecule has 94 valence electrons. The number of epoxide rings is 1. The predicted octanol–water partition coefficient (Wildman–Crippen LogP) is 2.31. The van der Waals surface area contributed by atoms with Crippen LogP contribution in [0.4, 0.5) is 0 Å². The van der Waals surface area contributed by atoms with E-state index in [1.165, 1.54) is 7.11 Å². The zero-order chi connectivity index (χ0) is 12.4. The van der Waals surface area contributed by atoms with Gasteiger partial charge in [-0.2, -0.15) is 0 Å². The Morgan fingerprint density at radius 1 is 1.53 bits per heavy atom. The number of carbonyl (C=O) groups excluding carboxylic acids is 1. The van der Waals surface area contributed by atoms with E-state index in [4.69, 9.17) is 9.47 Å². The van der Waals surface area contributed by atoms with Crippen molar-refractivity contribution < 1.29 is 14.3 Å². The van der Waals surface area contributed by atoms with Crippen molar-refractivity contribution in [2.24, 2.45) is 17.3 Å². The third kappa shape index (κ3) is 1.29. The number of rotatable bonds is 1. The Morgan fingerprint density at radius 2 is 2.24 bits per heavy atom. The molecule has 2 aliphatic carbocycles. The van der Waals surface area contributed by atoms with Crippen molar-refractivity contribution in [3.05, 3.63) is 11.6 Å². The minimum absolute atomic E-state index is 0.182. The highest BCUT2D eigenvalue weighted by Gasteiger charge is 2.75. The van der Waals surface area contributed by atoms with Crippen LogP contribution in [0, 0.1) is 17.3 Å². The van der Waals surface area contributed by atoms with Crippen LogP contribution in [0.1, 0.15) is 33.6 Å². The van der Waals surface area contributed by atoms with E-state index in [2.05, 4.69) is 26.8 Å². The SMILES string of the molecule is COC(=O)C1=CC(C)CC2CC(C)(C)C3OC123. The topological polar surface area (TPSA) is 38.8 Å². The number of hydrogen-bond donors (Lipinski definition) is 0. The fourth-order valence-electron chi connectivity index (χ4n) is 4.06. The molecular weight excluding hydrogens is 216 g/mol. The van der Waals surface area contributed by atoms with Crippen LogP contribution in [0.15, 0.2) is 11.6 Å². The Bertz CT molecular complexity index is 410.